The Morgan fingerprint density at radius 2 is 1.42 bits per heavy atom. The molecule has 0 heterocycles. The first kappa shape index (κ1) is 33.3. The highest BCUT2D eigenvalue weighted by molar-refractivity contribution is 5.88. The van der Waals surface area contributed by atoms with Crippen molar-refractivity contribution in [3.8, 4) is 28.0 Å². The Balaban J connectivity index is 1.81. The molecule has 0 aromatic heterocycles. The fraction of sp³-hybridized carbons (Fsp3) is 0.351. The van der Waals surface area contributed by atoms with E-state index in [-0.39, 0.29) is 25.4 Å². The van der Waals surface area contributed by atoms with Crippen LogP contribution in [0.4, 0.5) is 0 Å². The molecule has 0 saturated heterocycles. The van der Waals surface area contributed by atoms with Crippen LogP contribution < -0.4 is 4.74 Å². The van der Waals surface area contributed by atoms with E-state index in [2.05, 4.69) is 75.5 Å². The van der Waals surface area contributed by atoms with Gasteiger partial charge in [0, 0.05) is 12.0 Å². The van der Waals surface area contributed by atoms with E-state index in [1.165, 1.54) is 41.5 Å². The maximum atomic E-state index is 11.9. The largest absolute Gasteiger partial charge is 0.490 e. The summed E-state index contributed by atoms with van der Waals surface area (Å²) in [5.41, 5.74) is 8.36. The Bertz CT molecular complexity index is 1400. The summed E-state index contributed by atoms with van der Waals surface area (Å²) in [4.78, 5) is 23.7. The zero-order chi connectivity index (χ0) is 31.2. The molecule has 0 amide bonds. The number of ether oxygens (including phenoxy) is 3. The second-order valence-electron chi connectivity index (χ2n) is 10.6. The van der Waals surface area contributed by atoms with Crippen molar-refractivity contribution in [2.24, 2.45) is 0 Å². The second-order valence-corrected chi connectivity index (χ2v) is 10.6. The van der Waals surface area contributed by atoms with Crippen molar-refractivity contribution in [3.05, 3.63) is 102 Å². The number of benzene rings is 3. The zero-order valence-corrected chi connectivity index (χ0v) is 25.7. The molecule has 0 atom stereocenters. The van der Waals surface area contributed by atoms with E-state index in [1.807, 2.05) is 12.1 Å². The van der Waals surface area contributed by atoms with Gasteiger partial charge in [0.15, 0.2) is 0 Å². The minimum atomic E-state index is -0.660. The smallest absolute Gasteiger partial charge is 0.335 e. The highest BCUT2D eigenvalue weighted by atomic mass is 16.6. The molecule has 0 bridgehead atoms. The Hall–Kier alpha value is -4.16. The topological polar surface area (TPSA) is 82.1 Å². The number of aliphatic hydroxyl groups is 1. The molecule has 0 fully saturated rings. The van der Waals surface area contributed by atoms with Crippen LogP contribution in [0.1, 0.15) is 56.7 Å². The van der Waals surface area contributed by atoms with Gasteiger partial charge in [-0.2, -0.15) is 0 Å². The minimum Gasteiger partial charge on any atom is -0.490 e. The third kappa shape index (κ3) is 9.97. The maximum absolute atomic E-state index is 11.9. The van der Waals surface area contributed by atoms with Crippen molar-refractivity contribution in [2.45, 2.75) is 59.3 Å². The fourth-order valence-electron chi connectivity index (χ4n) is 4.70. The molecular weight excluding hydrogens is 540 g/mol. The molecule has 228 valence electrons. The minimum absolute atomic E-state index is 0.00482. The van der Waals surface area contributed by atoms with Gasteiger partial charge in [-0.15, -0.1) is 0 Å². The zero-order valence-electron chi connectivity index (χ0n) is 25.7. The van der Waals surface area contributed by atoms with Gasteiger partial charge in [-0.3, -0.25) is 0 Å². The maximum Gasteiger partial charge on any atom is 0.335 e. The summed E-state index contributed by atoms with van der Waals surface area (Å²) >= 11 is 0. The van der Waals surface area contributed by atoms with Crippen LogP contribution >= 0.6 is 0 Å². The number of carbonyl (C=O) groups excluding carboxylic acids is 2. The number of hydrogen-bond donors (Lipinski definition) is 1. The van der Waals surface area contributed by atoms with Gasteiger partial charge in [0.25, 0.3) is 0 Å². The van der Waals surface area contributed by atoms with Crippen LogP contribution in [0, 0.1) is 0 Å². The second kappa shape index (κ2) is 17.1. The van der Waals surface area contributed by atoms with E-state index in [0.717, 1.165) is 29.5 Å². The van der Waals surface area contributed by atoms with Crippen molar-refractivity contribution < 1.29 is 28.9 Å². The Morgan fingerprint density at radius 3 is 2.09 bits per heavy atom. The molecule has 43 heavy (non-hydrogen) atoms. The normalized spacial score (nSPS) is 10.7. The van der Waals surface area contributed by atoms with Gasteiger partial charge in [-0.1, -0.05) is 88.4 Å². The quantitative estimate of drug-likeness (QED) is 0.101. The van der Waals surface area contributed by atoms with E-state index in [9.17, 15) is 9.59 Å². The van der Waals surface area contributed by atoms with Crippen molar-refractivity contribution in [1.29, 1.82) is 0 Å². The molecule has 0 aliphatic carbocycles. The molecule has 3 aromatic rings. The average Bonchev–Trinajstić information content (AvgIpc) is 3.03. The first-order chi connectivity index (χ1) is 20.8. The third-order valence-electron chi connectivity index (χ3n) is 7.22. The molecule has 0 saturated carbocycles. The summed E-state index contributed by atoms with van der Waals surface area (Å²) in [5.74, 6) is -0.486. The molecule has 0 spiro atoms. The van der Waals surface area contributed by atoms with Crippen LogP contribution in [0.25, 0.3) is 22.3 Å². The van der Waals surface area contributed by atoms with Gasteiger partial charge in [0.2, 0.25) is 0 Å². The number of unbranched alkanes of at least 4 members (excludes halogenated alkanes) is 2. The summed E-state index contributed by atoms with van der Waals surface area (Å²) in [6.07, 6.45) is 6.13. The Morgan fingerprint density at radius 1 is 0.744 bits per heavy atom. The molecule has 6 nitrogen and oxygen atoms in total. The molecule has 6 heteroatoms. The van der Waals surface area contributed by atoms with Gasteiger partial charge >= 0.3 is 11.9 Å². The number of rotatable bonds is 17. The van der Waals surface area contributed by atoms with Crippen LogP contribution in [0.3, 0.4) is 0 Å². The summed E-state index contributed by atoms with van der Waals surface area (Å²) in [7, 11) is 0. The highest BCUT2D eigenvalue weighted by Gasteiger charge is 2.13. The first-order valence-corrected chi connectivity index (χ1v) is 15.0. The number of carbonyl (C=O) groups is 2. The first-order valence-electron chi connectivity index (χ1n) is 15.0. The molecule has 1 N–H and O–H groups in total. The summed E-state index contributed by atoms with van der Waals surface area (Å²) in [6, 6.07) is 21.4. The Labute approximate surface area is 256 Å². The van der Waals surface area contributed by atoms with Crippen LogP contribution in [-0.2, 0) is 38.3 Å². The van der Waals surface area contributed by atoms with Crippen LogP contribution in [-0.4, -0.2) is 43.5 Å². The SMILES string of the molecule is C=C(C)C(=O)OCCc1cc(-c2ccc(-c3ccc(CCCCC)cc3)cc2CC)ccc1OCCOC(=O)C(=C)CO. The van der Waals surface area contributed by atoms with E-state index in [0.29, 0.717) is 17.7 Å². The van der Waals surface area contributed by atoms with E-state index in [4.69, 9.17) is 19.3 Å². The predicted molar refractivity (Wildman–Crippen MR) is 172 cm³/mol. The molecular formula is C37H44O6. The van der Waals surface area contributed by atoms with Gasteiger partial charge in [0.05, 0.1) is 18.8 Å². The standard InChI is InChI=1S/C37H44O6/c1-6-8-9-10-28-11-13-30(14-12-28)31-15-17-34(29(7-2)23-31)32-16-18-35(41-21-22-43-37(40)27(5)25-38)33(24-32)19-20-42-36(39)26(3)4/h11-18,23-24,38H,3,5-10,19-22,25H2,1-2,4H3. The number of aliphatic hydroxyl groups excluding tert-OH is 1. The lowest BCUT2D eigenvalue weighted by atomic mass is 9.92. The number of hydrogen-bond acceptors (Lipinski definition) is 6. The third-order valence-corrected chi connectivity index (χ3v) is 7.22. The summed E-state index contributed by atoms with van der Waals surface area (Å²) < 4.78 is 16.4. The average molecular weight is 585 g/mol. The van der Waals surface area contributed by atoms with E-state index >= 15 is 0 Å². The van der Waals surface area contributed by atoms with Gasteiger partial charge in [-0.05, 0) is 77.3 Å². The monoisotopic (exact) mass is 584 g/mol. The molecule has 0 aliphatic heterocycles. The van der Waals surface area contributed by atoms with E-state index in [1.54, 1.807) is 6.92 Å². The van der Waals surface area contributed by atoms with Crippen LogP contribution in [0.15, 0.2) is 85.0 Å². The lowest BCUT2D eigenvalue weighted by molar-refractivity contribution is -0.140. The lowest BCUT2D eigenvalue weighted by Gasteiger charge is -2.16. The molecule has 0 aliphatic rings. The van der Waals surface area contributed by atoms with Gasteiger partial charge < -0.3 is 19.3 Å². The van der Waals surface area contributed by atoms with Crippen molar-refractivity contribution in [1.82, 2.24) is 0 Å². The Kier molecular flexibility index (Phi) is 13.2. The molecule has 3 rings (SSSR count). The highest BCUT2D eigenvalue weighted by Crippen LogP contribution is 2.33. The van der Waals surface area contributed by atoms with E-state index < -0.39 is 18.5 Å². The van der Waals surface area contributed by atoms with Crippen LogP contribution in [0.5, 0.6) is 5.75 Å². The fourth-order valence-corrected chi connectivity index (χ4v) is 4.70. The van der Waals surface area contributed by atoms with Crippen molar-refractivity contribution in [2.75, 3.05) is 26.4 Å². The molecule has 3 aromatic carbocycles. The van der Waals surface area contributed by atoms with Crippen molar-refractivity contribution in [3.63, 3.8) is 0 Å². The number of aryl methyl sites for hydroxylation is 2. The summed E-state index contributed by atoms with van der Waals surface area (Å²) in [6.45, 7) is 12.9. The lowest BCUT2D eigenvalue weighted by Crippen LogP contribution is -2.15. The van der Waals surface area contributed by atoms with Gasteiger partial charge in [-0.25, -0.2) is 9.59 Å². The summed E-state index contributed by atoms with van der Waals surface area (Å²) in [5, 5.41) is 9.03. The van der Waals surface area contributed by atoms with Gasteiger partial charge in [0.1, 0.15) is 19.0 Å². The molecule has 0 radical (unpaired) electrons. The number of esters is 2. The van der Waals surface area contributed by atoms with Crippen molar-refractivity contribution >= 4 is 11.9 Å². The molecule has 0 unspecified atom stereocenters. The van der Waals surface area contributed by atoms with Crippen LogP contribution in [0.2, 0.25) is 0 Å². The predicted octanol–water partition coefficient (Wildman–Crippen LogP) is 7.45.